The Morgan fingerprint density at radius 3 is 2.73 bits per heavy atom. The van der Waals surface area contributed by atoms with E-state index >= 15 is 0 Å². The zero-order valence-electron chi connectivity index (χ0n) is 14.4. The Balaban J connectivity index is 1.62. The summed E-state index contributed by atoms with van der Waals surface area (Å²) in [5.74, 6) is 0.734. The van der Waals surface area contributed by atoms with E-state index in [1.54, 1.807) is 36.7 Å². The fourth-order valence-electron chi connectivity index (χ4n) is 2.41. The van der Waals surface area contributed by atoms with Gasteiger partial charge in [0.1, 0.15) is 0 Å². The first-order valence-corrected chi connectivity index (χ1v) is 8.40. The first kappa shape index (κ1) is 17.9. The molecule has 1 N–H and O–H groups in total. The van der Waals surface area contributed by atoms with Crippen LogP contribution in [0.2, 0.25) is 5.02 Å². The van der Waals surface area contributed by atoms with Gasteiger partial charge in [0.2, 0.25) is 17.6 Å². The number of hydrogen-bond donors (Lipinski definition) is 1. The Labute approximate surface area is 156 Å². The lowest BCUT2D eigenvalue weighted by molar-refractivity contribution is -0.116. The van der Waals surface area contributed by atoms with Crippen LogP contribution in [0.5, 0.6) is 0 Å². The zero-order chi connectivity index (χ0) is 18.5. The standard InChI is InChI=1S/C18H18ClN5O2/c1-24(2)15-4-3-13(19)11-14(15)21-16(25)5-6-17-22-18(23-26-17)12-7-9-20-10-8-12/h3-4,7-11H,5-6H2,1-2H3,(H,21,25). The number of carbonyl (C=O) groups excluding carboxylic acids is 1. The smallest absolute Gasteiger partial charge is 0.227 e. The molecule has 0 saturated carbocycles. The second kappa shape index (κ2) is 7.97. The van der Waals surface area contributed by atoms with Crippen molar-refractivity contribution in [2.24, 2.45) is 0 Å². The van der Waals surface area contributed by atoms with Crippen molar-refractivity contribution in [3.05, 3.63) is 53.6 Å². The summed E-state index contributed by atoms with van der Waals surface area (Å²) in [5.41, 5.74) is 2.35. The minimum Gasteiger partial charge on any atom is -0.376 e. The summed E-state index contributed by atoms with van der Waals surface area (Å²) in [5, 5.41) is 7.37. The number of aryl methyl sites for hydroxylation is 1. The van der Waals surface area contributed by atoms with E-state index in [4.69, 9.17) is 16.1 Å². The average molecular weight is 372 g/mol. The molecule has 3 rings (SSSR count). The topological polar surface area (TPSA) is 84.2 Å². The van der Waals surface area contributed by atoms with Gasteiger partial charge in [-0.25, -0.2) is 0 Å². The zero-order valence-corrected chi connectivity index (χ0v) is 15.2. The first-order valence-electron chi connectivity index (χ1n) is 8.02. The predicted octanol–water partition coefficient (Wildman–Crippen LogP) is 3.42. The van der Waals surface area contributed by atoms with E-state index in [-0.39, 0.29) is 12.3 Å². The van der Waals surface area contributed by atoms with E-state index in [1.165, 1.54) is 0 Å². The Morgan fingerprint density at radius 2 is 2.00 bits per heavy atom. The van der Waals surface area contributed by atoms with Crippen molar-refractivity contribution in [1.29, 1.82) is 0 Å². The van der Waals surface area contributed by atoms with Gasteiger partial charge < -0.3 is 14.7 Å². The fraction of sp³-hybridized carbons (Fsp3) is 0.222. The van der Waals surface area contributed by atoms with Gasteiger partial charge in [0, 0.05) is 49.9 Å². The third-order valence-electron chi connectivity index (χ3n) is 3.69. The molecule has 0 aliphatic heterocycles. The SMILES string of the molecule is CN(C)c1ccc(Cl)cc1NC(=O)CCc1nc(-c2ccncc2)no1. The monoisotopic (exact) mass is 371 g/mol. The largest absolute Gasteiger partial charge is 0.376 e. The summed E-state index contributed by atoms with van der Waals surface area (Å²) in [7, 11) is 3.80. The number of amides is 1. The van der Waals surface area contributed by atoms with Gasteiger partial charge in [-0.15, -0.1) is 0 Å². The van der Waals surface area contributed by atoms with Crippen LogP contribution in [-0.2, 0) is 11.2 Å². The van der Waals surface area contributed by atoms with Crippen LogP contribution in [0.3, 0.4) is 0 Å². The van der Waals surface area contributed by atoms with Gasteiger partial charge in [-0.05, 0) is 30.3 Å². The lowest BCUT2D eigenvalue weighted by Crippen LogP contribution is -2.17. The van der Waals surface area contributed by atoms with Crippen LogP contribution < -0.4 is 10.2 Å². The van der Waals surface area contributed by atoms with E-state index in [0.29, 0.717) is 28.8 Å². The van der Waals surface area contributed by atoms with Gasteiger partial charge in [-0.1, -0.05) is 16.8 Å². The molecule has 0 spiro atoms. The van der Waals surface area contributed by atoms with Crippen molar-refractivity contribution in [1.82, 2.24) is 15.1 Å². The van der Waals surface area contributed by atoms with Gasteiger partial charge >= 0.3 is 0 Å². The third-order valence-corrected chi connectivity index (χ3v) is 3.92. The maximum absolute atomic E-state index is 12.3. The molecular weight excluding hydrogens is 354 g/mol. The van der Waals surface area contributed by atoms with Crippen LogP contribution in [0.1, 0.15) is 12.3 Å². The Bertz CT molecular complexity index is 896. The predicted molar refractivity (Wildman–Crippen MR) is 100 cm³/mol. The number of hydrogen-bond acceptors (Lipinski definition) is 6. The molecule has 26 heavy (non-hydrogen) atoms. The normalized spacial score (nSPS) is 10.6. The van der Waals surface area contributed by atoms with Gasteiger partial charge in [0.15, 0.2) is 0 Å². The van der Waals surface area contributed by atoms with Gasteiger partial charge in [-0.3, -0.25) is 9.78 Å². The lowest BCUT2D eigenvalue weighted by atomic mass is 10.2. The minimum atomic E-state index is -0.154. The van der Waals surface area contributed by atoms with Crippen molar-refractivity contribution >= 4 is 28.9 Å². The van der Waals surface area contributed by atoms with Gasteiger partial charge in [0.05, 0.1) is 11.4 Å². The summed E-state index contributed by atoms with van der Waals surface area (Å²) in [4.78, 5) is 22.4. The van der Waals surface area contributed by atoms with E-state index in [2.05, 4.69) is 20.4 Å². The van der Waals surface area contributed by atoms with Crippen LogP contribution in [0.15, 0.2) is 47.2 Å². The molecule has 0 radical (unpaired) electrons. The highest BCUT2D eigenvalue weighted by molar-refractivity contribution is 6.31. The molecule has 7 nitrogen and oxygen atoms in total. The minimum absolute atomic E-state index is 0.154. The van der Waals surface area contributed by atoms with E-state index in [0.717, 1.165) is 11.3 Å². The van der Waals surface area contributed by atoms with Crippen molar-refractivity contribution < 1.29 is 9.32 Å². The number of pyridine rings is 1. The molecule has 2 aromatic heterocycles. The summed E-state index contributed by atoms with van der Waals surface area (Å²) in [6.07, 6.45) is 3.89. The number of anilines is 2. The van der Waals surface area contributed by atoms with Gasteiger partial charge in [0.25, 0.3) is 0 Å². The number of benzene rings is 1. The van der Waals surface area contributed by atoms with Crippen molar-refractivity contribution in [3.8, 4) is 11.4 Å². The van der Waals surface area contributed by atoms with Crippen molar-refractivity contribution in [2.45, 2.75) is 12.8 Å². The maximum atomic E-state index is 12.3. The molecule has 1 aromatic carbocycles. The highest BCUT2D eigenvalue weighted by Gasteiger charge is 2.13. The number of carbonyl (C=O) groups is 1. The van der Waals surface area contributed by atoms with Gasteiger partial charge in [-0.2, -0.15) is 4.98 Å². The Kier molecular flexibility index (Phi) is 5.48. The third kappa shape index (κ3) is 4.37. The molecule has 0 aliphatic rings. The van der Waals surface area contributed by atoms with E-state index < -0.39 is 0 Å². The number of nitrogens with one attached hydrogen (secondary N) is 1. The summed E-state index contributed by atoms with van der Waals surface area (Å²) >= 11 is 6.03. The molecule has 0 bridgehead atoms. The summed E-state index contributed by atoms with van der Waals surface area (Å²) in [6, 6.07) is 8.96. The van der Waals surface area contributed by atoms with Crippen molar-refractivity contribution in [3.63, 3.8) is 0 Å². The molecule has 134 valence electrons. The summed E-state index contributed by atoms with van der Waals surface area (Å²) < 4.78 is 5.21. The Hall–Kier alpha value is -2.93. The molecule has 0 unspecified atom stereocenters. The van der Waals surface area contributed by atoms with Crippen molar-refractivity contribution in [2.75, 3.05) is 24.3 Å². The summed E-state index contributed by atoms with van der Waals surface area (Å²) in [6.45, 7) is 0. The number of nitrogens with zero attached hydrogens (tertiary/aromatic N) is 4. The number of rotatable bonds is 6. The molecule has 0 atom stereocenters. The molecule has 1 amide bonds. The van der Waals surface area contributed by atoms with Crippen LogP contribution >= 0.6 is 11.6 Å². The molecule has 2 heterocycles. The van der Waals surface area contributed by atoms with Crippen LogP contribution in [0, 0.1) is 0 Å². The quantitative estimate of drug-likeness (QED) is 0.714. The highest BCUT2D eigenvalue weighted by Crippen LogP contribution is 2.28. The molecule has 8 heteroatoms. The second-order valence-electron chi connectivity index (χ2n) is 5.85. The second-order valence-corrected chi connectivity index (χ2v) is 6.29. The number of halogens is 1. The van der Waals surface area contributed by atoms with Crippen LogP contribution in [0.4, 0.5) is 11.4 Å². The maximum Gasteiger partial charge on any atom is 0.227 e. The average Bonchev–Trinajstić information content (AvgIpc) is 3.09. The lowest BCUT2D eigenvalue weighted by Gasteiger charge is -2.18. The molecular formula is C18H18ClN5O2. The molecule has 0 aliphatic carbocycles. The molecule has 0 saturated heterocycles. The van der Waals surface area contributed by atoms with E-state index in [9.17, 15) is 4.79 Å². The fourth-order valence-corrected chi connectivity index (χ4v) is 2.58. The molecule has 3 aromatic rings. The highest BCUT2D eigenvalue weighted by atomic mass is 35.5. The number of aromatic nitrogens is 3. The Morgan fingerprint density at radius 1 is 1.23 bits per heavy atom. The van der Waals surface area contributed by atoms with E-state index in [1.807, 2.05) is 25.1 Å². The first-order chi connectivity index (χ1) is 12.5. The molecule has 0 fully saturated rings. The van der Waals surface area contributed by atoms with Crippen LogP contribution in [-0.4, -0.2) is 35.1 Å². The van der Waals surface area contributed by atoms with Crippen LogP contribution in [0.25, 0.3) is 11.4 Å².